The van der Waals surface area contributed by atoms with Gasteiger partial charge in [-0.1, -0.05) is 13.0 Å². The quantitative estimate of drug-likeness (QED) is 0.834. The van der Waals surface area contributed by atoms with Crippen molar-refractivity contribution in [3.05, 3.63) is 22.4 Å². The first-order chi connectivity index (χ1) is 7.03. The number of sulfone groups is 1. The van der Waals surface area contributed by atoms with Gasteiger partial charge in [-0.25, -0.2) is 8.42 Å². The first-order valence-corrected chi connectivity index (χ1v) is 7.91. The molecule has 1 heterocycles. The number of hydrogen-bond donors (Lipinski definition) is 1. The molecule has 1 rings (SSSR count). The molecular weight excluding hydrogens is 230 g/mol. The average Bonchev–Trinajstić information content (AvgIpc) is 2.63. The molecule has 5 heteroatoms. The summed E-state index contributed by atoms with van der Waals surface area (Å²) in [6.45, 7) is 2.62. The van der Waals surface area contributed by atoms with Crippen molar-refractivity contribution in [3.63, 3.8) is 0 Å². The van der Waals surface area contributed by atoms with E-state index < -0.39 is 9.84 Å². The van der Waals surface area contributed by atoms with Crippen LogP contribution in [0.2, 0.25) is 0 Å². The van der Waals surface area contributed by atoms with Crippen LogP contribution < -0.4 is 5.32 Å². The van der Waals surface area contributed by atoms with Gasteiger partial charge in [0.25, 0.3) is 0 Å². The molecule has 15 heavy (non-hydrogen) atoms. The van der Waals surface area contributed by atoms with Gasteiger partial charge < -0.3 is 5.32 Å². The molecule has 0 aliphatic rings. The van der Waals surface area contributed by atoms with E-state index in [9.17, 15) is 8.42 Å². The molecule has 86 valence electrons. The summed E-state index contributed by atoms with van der Waals surface area (Å²) in [5.74, 6) is 0.203. The van der Waals surface area contributed by atoms with Crippen LogP contribution in [0.4, 0.5) is 0 Å². The Morgan fingerprint density at radius 1 is 1.53 bits per heavy atom. The largest absolute Gasteiger partial charge is 0.308 e. The molecule has 1 aromatic heterocycles. The first kappa shape index (κ1) is 12.7. The van der Waals surface area contributed by atoms with Crippen molar-refractivity contribution in [1.82, 2.24) is 5.32 Å². The Morgan fingerprint density at radius 3 is 2.73 bits per heavy atom. The third-order valence-corrected chi connectivity index (χ3v) is 4.09. The van der Waals surface area contributed by atoms with Crippen molar-refractivity contribution in [2.45, 2.75) is 19.4 Å². The second kappa shape index (κ2) is 5.63. The Bertz CT molecular complexity index is 370. The fraction of sp³-hybridized carbons (Fsp3) is 0.600. The fourth-order valence-corrected chi connectivity index (χ4v) is 2.73. The molecule has 0 aliphatic heterocycles. The van der Waals surface area contributed by atoms with E-state index in [0.29, 0.717) is 6.54 Å². The van der Waals surface area contributed by atoms with E-state index in [-0.39, 0.29) is 11.8 Å². The number of rotatable bonds is 6. The zero-order chi connectivity index (χ0) is 11.3. The van der Waals surface area contributed by atoms with Gasteiger partial charge in [0.05, 0.1) is 5.75 Å². The standard InChI is InChI=1S/C10H17NO2S2/c1-3-9(10-5-4-7-14-10)11-6-8-15(2,12)13/h4-5,7,9,11H,3,6,8H2,1-2H3. The lowest BCUT2D eigenvalue weighted by Gasteiger charge is -2.14. The Kier molecular flexibility index (Phi) is 4.76. The SMILES string of the molecule is CCC(NCCS(C)(=O)=O)c1cccs1. The molecule has 0 fully saturated rings. The zero-order valence-electron chi connectivity index (χ0n) is 9.06. The molecule has 1 aromatic rings. The van der Waals surface area contributed by atoms with Crippen LogP contribution in [-0.2, 0) is 9.84 Å². The maximum absolute atomic E-state index is 11.0. The van der Waals surface area contributed by atoms with Gasteiger partial charge in [-0.15, -0.1) is 11.3 Å². The summed E-state index contributed by atoms with van der Waals surface area (Å²) in [4.78, 5) is 1.27. The molecule has 0 spiro atoms. The first-order valence-electron chi connectivity index (χ1n) is 4.97. The lowest BCUT2D eigenvalue weighted by molar-refractivity contribution is 0.539. The van der Waals surface area contributed by atoms with E-state index in [4.69, 9.17) is 0 Å². The predicted molar refractivity (Wildman–Crippen MR) is 65.1 cm³/mol. The van der Waals surface area contributed by atoms with E-state index in [1.807, 2.05) is 11.4 Å². The zero-order valence-corrected chi connectivity index (χ0v) is 10.7. The molecule has 3 nitrogen and oxygen atoms in total. The van der Waals surface area contributed by atoms with Crippen molar-refractivity contribution >= 4 is 21.2 Å². The Hall–Kier alpha value is -0.390. The van der Waals surface area contributed by atoms with Crippen LogP contribution in [0.15, 0.2) is 17.5 Å². The van der Waals surface area contributed by atoms with Crippen molar-refractivity contribution in [1.29, 1.82) is 0 Å². The summed E-state index contributed by atoms with van der Waals surface area (Å²) in [6.07, 6.45) is 2.24. The van der Waals surface area contributed by atoms with Crippen LogP contribution in [0.3, 0.4) is 0 Å². The van der Waals surface area contributed by atoms with E-state index in [1.165, 1.54) is 11.1 Å². The van der Waals surface area contributed by atoms with Crippen molar-refractivity contribution in [2.75, 3.05) is 18.6 Å². The Balaban J connectivity index is 2.42. The number of hydrogen-bond acceptors (Lipinski definition) is 4. The highest BCUT2D eigenvalue weighted by molar-refractivity contribution is 7.90. The maximum Gasteiger partial charge on any atom is 0.148 e. The molecule has 0 bridgehead atoms. The van der Waals surface area contributed by atoms with Crippen molar-refractivity contribution in [2.24, 2.45) is 0 Å². The number of nitrogens with one attached hydrogen (secondary N) is 1. The molecule has 0 amide bonds. The summed E-state index contributed by atoms with van der Waals surface area (Å²) in [5.41, 5.74) is 0. The summed E-state index contributed by atoms with van der Waals surface area (Å²) in [6, 6.07) is 4.37. The molecule has 0 aliphatic carbocycles. The van der Waals surface area contributed by atoms with Gasteiger partial charge in [-0.05, 0) is 17.9 Å². The lowest BCUT2D eigenvalue weighted by Crippen LogP contribution is -2.26. The minimum atomic E-state index is -2.86. The second-order valence-corrected chi connectivity index (χ2v) is 6.80. The van der Waals surface area contributed by atoms with Gasteiger partial charge in [0.2, 0.25) is 0 Å². The van der Waals surface area contributed by atoms with Crippen LogP contribution in [-0.4, -0.2) is 27.0 Å². The summed E-state index contributed by atoms with van der Waals surface area (Å²) >= 11 is 1.70. The summed E-state index contributed by atoms with van der Waals surface area (Å²) in [5, 5.41) is 5.30. The molecule has 0 aromatic carbocycles. The van der Waals surface area contributed by atoms with Gasteiger partial charge in [0.15, 0.2) is 0 Å². The van der Waals surface area contributed by atoms with Gasteiger partial charge in [0.1, 0.15) is 9.84 Å². The predicted octanol–water partition coefficient (Wildman–Crippen LogP) is 1.83. The highest BCUT2D eigenvalue weighted by Crippen LogP contribution is 2.21. The third kappa shape index (κ3) is 4.77. The normalized spacial score (nSPS) is 14.0. The van der Waals surface area contributed by atoms with Gasteiger partial charge in [-0.2, -0.15) is 0 Å². The highest BCUT2D eigenvalue weighted by atomic mass is 32.2. The van der Waals surface area contributed by atoms with E-state index in [2.05, 4.69) is 18.3 Å². The monoisotopic (exact) mass is 247 g/mol. The van der Waals surface area contributed by atoms with Crippen molar-refractivity contribution in [3.8, 4) is 0 Å². The minimum absolute atomic E-state index is 0.203. The molecule has 1 atom stereocenters. The van der Waals surface area contributed by atoms with Crippen LogP contribution in [0.5, 0.6) is 0 Å². The summed E-state index contributed by atoms with van der Waals surface area (Å²) in [7, 11) is -2.86. The third-order valence-electron chi connectivity index (χ3n) is 2.16. The highest BCUT2D eigenvalue weighted by Gasteiger charge is 2.10. The Morgan fingerprint density at radius 2 is 2.27 bits per heavy atom. The lowest BCUT2D eigenvalue weighted by atomic mass is 10.2. The maximum atomic E-state index is 11.0. The van der Waals surface area contributed by atoms with Crippen LogP contribution in [0.25, 0.3) is 0 Å². The molecule has 0 saturated heterocycles. The van der Waals surface area contributed by atoms with E-state index >= 15 is 0 Å². The van der Waals surface area contributed by atoms with Gasteiger partial charge in [-0.3, -0.25) is 0 Å². The fourth-order valence-electron chi connectivity index (χ4n) is 1.35. The molecule has 1 unspecified atom stereocenters. The van der Waals surface area contributed by atoms with Crippen LogP contribution >= 0.6 is 11.3 Å². The smallest absolute Gasteiger partial charge is 0.148 e. The Labute approximate surface area is 95.4 Å². The topological polar surface area (TPSA) is 46.2 Å². The van der Waals surface area contributed by atoms with Crippen LogP contribution in [0.1, 0.15) is 24.3 Å². The summed E-state index contributed by atoms with van der Waals surface area (Å²) < 4.78 is 21.9. The van der Waals surface area contributed by atoms with Crippen molar-refractivity contribution < 1.29 is 8.42 Å². The minimum Gasteiger partial charge on any atom is -0.308 e. The molecule has 1 N–H and O–H groups in total. The van der Waals surface area contributed by atoms with E-state index in [0.717, 1.165) is 6.42 Å². The van der Waals surface area contributed by atoms with E-state index in [1.54, 1.807) is 11.3 Å². The molecule has 0 radical (unpaired) electrons. The number of thiophene rings is 1. The van der Waals surface area contributed by atoms with Crippen LogP contribution in [0, 0.1) is 0 Å². The molecule has 0 saturated carbocycles. The molecular formula is C10H17NO2S2. The average molecular weight is 247 g/mol. The second-order valence-electron chi connectivity index (χ2n) is 3.56. The van der Waals surface area contributed by atoms with Gasteiger partial charge in [0, 0.05) is 23.7 Å². The van der Waals surface area contributed by atoms with Gasteiger partial charge >= 0.3 is 0 Å².